The first kappa shape index (κ1) is 9.80. The molecule has 0 unspecified atom stereocenters. The Morgan fingerprint density at radius 2 is 2.00 bits per heavy atom. The van der Waals surface area contributed by atoms with Crippen molar-refractivity contribution in [3.8, 4) is 0 Å². The molecule has 0 aliphatic heterocycles. The average molecular weight is 201 g/mol. The quantitative estimate of drug-likeness (QED) is 0.709. The number of aromatic nitrogens is 1. The van der Waals surface area contributed by atoms with Crippen LogP contribution < -0.4 is 11.1 Å². The number of para-hydroxylation sites is 1. The van der Waals surface area contributed by atoms with Gasteiger partial charge in [0.15, 0.2) is 0 Å². The predicted octanol–water partition coefficient (Wildman–Crippen LogP) is 2.09. The molecule has 0 spiro atoms. The summed E-state index contributed by atoms with van der Waals surface area (Å²) >= 11 is 0. The maximum atomic E-state index is 5.52. The van der Waals surface area contributed by atoms with Crippen LogP contribution in [0.25, 0.3) is 0 Å². The van der Waals surface area contributed by atoms with E-state index >= 15 is 0 Å². The first-order valence-corrected chi connectivity index (χ1v) is 5.03. The van der Waals surface area contributed by atoms with Crippen LogP contribution in [0.15, 0.2) is 42.6 Å². The molecule has 0 amide bonds. The van der Waals surface area contributed by atoms with E-state index in [1.54, 1.807) is 0 Å². The highest BCUT2D eigenvalue weighted by Gasteiger charge is 1.97. The van der Waals surface area contributed by atoms with Gasteiger partial charge in [0.1, 0.15) is 0 Å². The highest BCUT2D eigenvalue weighted by atomic mass is 14.9. The smallest absolute Gasteiger partial charge is 0.0415 e. The molecule has 2 aromatic rings. The summed E-state index contributed by atoms with van der Waals surface area (Å²) in [6.07, 6.45) is 1.98. The largest absolute Gasteiger partial charge is 0.381 e. The molecule has 0 aliphatic rings. The van der Waals surface area contributed by atoms with Crippen molar-refractivity contribution < 1.29 is 0 Å². The average Bonchev–Trinajstić information content (AvgIpc) is 2.76. The Morgan fingerprint density at radius 3 is 2.67 bits per heavy atom. The summed E-state index contributed by atoms with van der Waals surface area (Å²) in [7, 11) is 0. The van der Waals surface area contributed by atoms with Crippen molar-refractivity contribution in [2.75, 3.05) is 5.32 Å². The number of anilines is 1. The van der Waals surface area contributed by atoms with Gasteiger partial charge in [-0.3, -0.25) is 0 Å². The van der Waals surface area contributed by atoms with Crippen LogP contribution >= 0.6 is 0 Å². The summed E-state index contributed by atoms with van der Waals surface area (Å²) in [5, 5.41) is 3.34. The summed E-state index contributed by atoms with van der Waals surface area (Å²) in [5.41, 5.74) is 8.94. The summed E-state index contributed by atoms with van der Waals surface area (Å²) < 4.78 is 0. The molecule has 3 nitrogen and oxygen atoms in total. The minimum Gasteiger partial charge on any atom is -0.381 e. The highest BCUT2D eigenvalue weighted by Crippen LogP contribution is 2.09. The first-order valence-electron chi connectivity index (χ1n) is 5.03. The molecule has 78 valence electrons. The van der Waals surface area contributed by atoms with E-state index in [9.17, 15) is 0 Å². The van der Waals surface area contributed by atoms with Crippen LogP contribution in [0.5, 0.6) is 0 Å². The number of nitrogens with one attached hydrogen (secondary N) is 2. The van der Waals surface area contributed by atoms with Crippen molar-refractivity contribution in [3.63, 3.8) is 0 Å². The van der Waals surface area contributed by atoms with Crippen LogP contribution in [-0.2, 0) is 13.1 Å². The maximum absolute atomic E-state index is 5.52. The third kappa shape index (κ3) is 2.60. The van der Waals surface area contributed by atoms with Gasteiger partial charge in [0.2, 0.25) is 0 Å². The topological polar surface area (TPSA) is 53.8 Å². The summed E-state index contributed by atoms with van der Waals surface area (Å²) in [6, 6.07) is 12.2. The fraction of sp³-hybridized carbons (Fsp3) is 0.167. The van der Waals surface area contributed by atoms with Gasteiger partial charge in [0.25, 0.3) is 0 Å². The summed E-state index contributed by atoms with van der Waals surface area (Å²) in [5.74, 6) is 0. The van der Waals surface area contributed by atoms with Crippen molar-refractivity contribution >= 4 is 5.69 Å². The molecular formula is C12H15N3. The minimum absolute atomic E-state index is 0.561. The van der Waals surface area contributed by atoms with E-state index in [-0.39, 0.29) is 0 Å². The van der Waals surface area contributed by atoms with Gasteiger partial charge in [-0.1, -0.05) is 18.2 Å². The van der Waals surface area contributed by atoms with Crippen molar-refractivity contribution in [2.24, 2.45) is 5.73 Å². The predicted molar refractivity (Wildman–Crippen MR) is 62.5 cm³/mol. The summed E-state index contributed by atoms with van der Waals surface area (Å²) in [6.45, 7) is 1.38. The molecule has 0 aliphatic carbocycles. The lowest BCUT2D eigenvalue weighted by molar-refractivity contribution is 1.01. The first-order chi connectivity index (χ1) is 7.38. The second-order valence-corrected chi connectivity index (χ2v) is 3.46. The lowest BCUT2D eigenvalue weighted by atomic mass is 10.3. The zero-order valence-electron chi connectivity index (χ0n) is 8.53. The number of hydrogen-bond donors (Lipinski definition) is 3. The van der Waals surface area contributed by atoms with E-state index in [4.69, 9.17) is 5.73 Å². The standard InChI is InChI=1S/C12H15N3/c13-7-12-6-10(9-15-12)8-14-11-4-2-1-3-5-11/h1-6,9,14-15H,7-8,13H2. The number of nitrogens with two attached hydrogens (primary N) is 1. The van der Waals surface area contributed by atoms with Crippen LogP contribution in [0.4, 0.5) is 5.69 Å². The fourth-order valence-electron chi connectivity index (χ4n) is 1.47. The molecule has 0 saturated carbocycles. The Balaban J connectivity index is 1.93. The van der Waals surface area contributed by atoms with Gasteiger partial charge >= 0.3 is 0 Å². The van der Waals surface area contributed by atoms with Crippen LogP contribution in [0, 0.1) is 0 Å². The minimum atomic E-state index is 0.561. The Kier molecular flexibility index (Phi) is 3.05. The van der Waals surface area contributed by atoms with Crippen LogP contribution in [-0.4, -0.2) is 4.98 Å². The van der Waals surface area contributed by atoms with E-state index in [2.05, 4.69) is 28.5 Å². The molecule has 0 bridgehead atoms. The second-order valence-electron chi connectivity index (χ2n) is 3.46. The molecule has 3 heteroatoms. The molecule has 2 rings (SSSR count). The molecule has 0 radical (unpaired) electrons. The molecule has 1 aromatic carbocycles. The molecule has 1 heterocycles. The lowest BCUT2D eigenvalue weighted by Crippen LogP contribution is -1.98. The SMILES string of the molecule is NCc1cc(CNc2ccccc2)c[nH]1. The molecule has 0 fully saturated rings. The number of rotatable bonds is 4. The lowest BCUT2D eigenvalue weighted by Gasteiger charge is -2.03. The van der Waals surface area contributed by atoms with E-state index in [0.717, 1.165) is 17.9 Å². The molecule has 1 aromatic heterocycles. The summed E-state index contributed by atoms with van der Waals surface area (Å²) in [4.78, 5) is 3.13. The van der Waals surface area contributed by atoms with Gasteiger partial charge < -0.3 is 16.0 Å². The molecule has 0 saturated heterocycles. The van der Waals surface area contributed by atoms with E-state index in [0.29, 0.717) is 6.54 Å². The molecule has 15 heavy (non-hydrogen) atoms. The Bertz CT molecular complexity index is 406. The van der Waals surface area contributed by atoms with Gasteiger partial charge in [-0.15, -0.1) is 0 Å². The zero-order valence-corrected chi connectivity index (χ0v) is 8.53. The molecule has 4 N–H and O–H groups in total. The van der Waals surface area contributed by atoms with Gasteiger partial charge in [-0.25, -0.2) is 0 Å². The van der Waals surface area contributed by atoms with E-state index in [1.807, 2.05) is 24.4 Å². The highest BCUT2D eigenvalue weighted by molar-refractivity contribution is 5.43. The number of benzene rings is 1. The Labute approximate surface area is 89.3 Å². The maximum Gasteiger partial charge on any atom is 0.0415 e. The van der Waals surface area contributed by atoms with E-state index in [1.165, 1.54) is 5.56 Å². The monoisotopic (exact) mass is 201 g/mol. The van der Waals surface area contributed by atoms with Gasteiger partial charge in [-0.2, -0.15) is 0 Å². The fourth-order valence-corrected chi connectivity index (χ4v) is 1.47. The number of hydrogen-bond acceptors (Lipinski definition) is 2. The Morgan fingerprint density at radius 1 is 1.20 bits per heavy atom. The second kappa shape index (κ2) is 4.66. The number of H-pyrrole nitrogens is 1. The zero-order chi connectivity index (χ0) is 10.5. The Hall–Kier alpha value is -1.74. The van der Waals surface area contributed by atoms with Crippen molar-refractivity contribution in [1.29, 1.82) is 0 Å². The van der Waals surface area contributed by atoms with Crippen molar-refractivity contribution in [1.82, 2.24) is 4.98 Å². The van der Waals surface area contributed by atoms with Gasteiger partial charge in [0, 0.05) is 30.7 Å². The van der Waals surface area contributed by atoms with Gasteiger partial charge in [-0.05, 0) is 23.8 Å². The van der Waals surface area contributed by atoms with Crippen LogP contribution in [0.3, 0.4) is 0 Å². The van der Waals surface area contributed by atoms with Crippen LogP contribution in [0.2, 0.25) is 0 Å². The number of aromatic amines is 1. The van der Waals surface area contributed by atoms with Gasteiger partial charge in [0.05, 0.1) is 0 Å². The van der Waals surface area contributed by atoms with Crippen molar-refractivity contribution in [2.45, 2.75) is 13.1 Å². The third-order valence-electron chi connectivity index (χ3n) is 2.29. The van der Waals surface area contributed by atoms with Crippen LogP contribution in [0.1, 0.15) is 11.3 Å². The van der Waals surface area contributed by atoms with Crippen molar-refractivity contribution in [3.05, 3.63) is 53.9 Å². The third-order valence-corrected chi connectivity index (χ3v) is 2.29. The molecule has 0 atom stereocenters. The molecular weight excluding hydrogens is 186 g/mol. The van der Waals surface area contributed by atoms with E-state index < -0.39 is 0 Å². The normalized spacial score (nSPS) is 10.2.